The molecule has 1 aromatic carbocycles. The van der Waals surface area contributed by atoms with E-state index in [1.54, 1.807) is 13.0 Å². The molecular weight excluding hydrogens is 556 g/mol. The Morgan fingerprint density at radius 3 is 2.74 bits per heavy atom. The first-order valence-corrected chi connectivity index (χ1v) is 14.4. The molecule has 3 amide bonds. The van der Waals surface area contributed by atoms with Gasteiger partial charge in [0.2, 0.25) is 5.91 Å². The predicted octanol–water partition coefficient (Wildman–Crippen LogP) is 3.41. The molecule has 4 rings (SSSR count). The fourth-order valence-electron chi connectivity index (χ4n) is 4.73. The van der Waals surface area contributed by atoms with Crippen molar-refractivity contribution >= 4 is 55.0 Å². The number of sulfone groups is 1. The van der Waals surface area contributed by atoms with Crippen LogP contribution in [0.15, 0.2) is 50.3 Å². The number of imide groups is 1. The molecule has 0 aromatic heterocycles. The van der Waals surface area contributed by atoms with Crippen LogP contribution in [0, 0.1) is 11.8 Å². The predicted molar refractivity (Wildman–Crippen MR) is 140 cm³/mol. The second-order valence-corrected chi connectivity index (χ2v) is 12.5. The van der Waals surface area contributed by atoms with Crippen LogP contribution in [0.4, 0.5) is 4.79 Å². The minimum Gasteiger partial charge on any atom is -0.319 e. The molecule has 0 saturated carbocycles. The minimum absolute atomic E-state index is 0.0597. The Balaban J connectivity index is 1.56. The molecule has 35 heavy (non-hydrogen) atoms. The number of nitrogens with zero attached hydrogens (tertiary/aromatic N) is 3. The number of hydrogen-bond acceptors (Lipinski definition) is 6. The molecule has 188 valence electrons. The summed E-state index contributed by atoms with van der Waals surface area (Å²) in [7, 11) is -1.61. The summed E-state index contributed by atoms with van der Waals surface area (Å²) in [6, 6.07) is 3.67. The summed E-state index contributed by atoms with van der Waals surface area (Å²) in [4.78, 5) is 33.8. The largest absolute Gasteiger partial charge is 0.350 e. The first-order chi connectivity index (χ1) is 16.6. The van der Waals surface area contributed by atoms with Gasteiger partial charge in [-0.05, 0) is 67.9 Å². The lowest BCUT2D eigenvalue weighted by Crippen LogP contribution is -2.46. The molecule has 0 bridgehead atoms. The molecule has 0 spiro atoms. The zero-order chi connectivity index (χ0) is 25.3. The molecule has 1 N–H and O–H groups in total. The number of rotatable bonds is 8. The third kappa shape index (κ3) is 5.61. The molecular formula is C24H28BrClN4O4S. The van der Waals surface area contributed by atoms with Crippen LogP contribution in [0.25, 0.3) is 0 Å². The van der Waals surface area contributed by atoms with E-state index in [9.17, 15) is 18.0 Å². The number of aliphatic imine (C=N–C) groups is 1. The van der Waals surface area contributed by atoms with Crippen LogP contribution in [0.3, 0.4) is 0 Å². The molecule has 2 aliphatic heterocycles. The maximum atomic E-state index is 13.3. The van der Waals surface area contributed by atoms with E-state index in [2.05, 4.69) is 31.1 Å². The number of halogens is 2. The van der Waals surface area contributed by atoms with Crippen LogP contribution in [0.1, 0.15) is 18.9 Å². The van der Waals surface area contributed by atoms with Crippen molar-refractivity contribution in [3.8, 4) is 0 Å². The van der Waals surface area contributed by atoms with Crippen LogP contribution in [-0.2, 0) is 21.2 Å². The van der Waals surface area contributed by atoms with E-state index >= 15 is 0 Å². The van der Waals surface area contributed by atoms with Crippen LogP contribution in [0.5, 0.6) is 0 Å². The van der Waals surface area contributed by atoms with Crippen molar-refractivity contribution in [1.82, 2.24) is 15.1 Å². The third-order valence-electron chi connectivity index (χ3n) is 6.57. The summed E-state index contributed by atoms with van der Waals surface area (Å²) in [6.45, 7) is 4.99. The van der Waals surface area contributed by atoms with Crippen LogP contribution in [0.2, 0.25) is 5.02 Å². The Morgan fingerprint density at radius 1 is 1.26 bits per heavy atom. The number of fused-ring (bicyclic) bond motifs is 1. The molecule has 1 fully saturated rings. The van der Waals surface area contributed by atoms with Gasteiger partial charge in [0.15, 0.2) is 9.84 Å². The van der Waals surface area contributed by atoms with E-state index in [1.807, 2.05) is 13.1 Å². The minimum atomic E-state index is -3.57. The van der Waals surface area contributed by atoms with Crippen molar-refractivity contribution in [1.29, 1.82) is 0 Å². The summed E-state index contributed by atoms with van der Waals surface area (Å²) in [5.74, 6) is -0.657. The standard InChI is InChI=1S/C24H28BrClN4O4S/c1-3-35(33,34)22-5-4-18(26)8-17(22)14-30-23(31)19-10-20(25)16(9-21(19)28-24(30)32)13-29-7-6-15(12-29)11-27-2/h4-5,8-10,15,19,27H,3,6-7,11-14H2,1-2H3/t15-,19?/m0/s1. The maximum Gasteiger partial charge on any atom is 0.350 e. The highest BCUT2D eigenvalue weighted by Gasteiger charge is 2.38. The highest BCUT2D eigenvalue weighted by atomic mass is 79.9. The normalized spacial score (nSPS) is 23.2. The smallest absolute Gasteiger partial charge is 0.319 e. The quantitative estimate of drug-likeness (QED) is 0.504. The highest BCUT2D eigenvalue weighted by molar-refractivity contribution is 9.12. The number of carbonyl (C=O) groups excluding carboxylic acids is 2. The Labute approximate surface area is 219 Å². The molecule has 11 heteroatoms. The molecule has 3 aliphatic rings. The first kappa shape index (κ1) is 26.2. The molecule has 8 nitrogen and oxygen atoms in total. The van der Waals surface area contributed by atoms with E-state index in [0.717, 1.165) is 41.0 Å². The van der Waals surface area contributed by atoms with Crippen molar-refractivity contribution in [2.45, 2.75) is 24.8 Å². The van der Waals surface area contributed by atoms with E-state index in [-0.39, 0.29) is 17.2 Å². The summed E-state index contributed by atoms with van der Waals surface area (Å²) in [5, 5.41) is 3.55. The van der Waals surface area contributed by atoms with Gasteiger partial charge in [-0.3, -0.25) is 14.6 Å². The monoisotopic (exact) mass is 582 g/mol. The number of urea groups is 1. The Hall–Kier alpha value is -1.85. The summed E-state index contributed by atoms with van der Waals surface area (Å²) >= 11 is 9.70. The fraction of sp³-hybridized carbons (Fsp3) is 0.458. The van der Waals surface area contributed by atoms with Gasteiger partial charge in [-0.25, -0.2) is 13.2 Å². The molecule has 1 unspecified atom stereocenters. The molecule has 2 heterocycles. The Morgan fingerprint density at radius 2 is 2.03 bits per heavy atom. The number of carbonyl (C=O) groups is 2. The van der Waals surface area contributed by atoms with Crippen molar-refractivity contribution < 1.29 is 18.0 Å². The Kier molecular flexibility index (Phi) is 7.97. The average Bonchev–Trinajstić information content (AvgIpc) is 3.25. The van der Waals surface area contributed by atoms with Gasteiger partial charge < -0.3 is 5.32 Å². The number of likely N-dealkylation sites (tertiary alicyclic amines) is 1. The average molecular weight is 584 g/mol. The summed E-state index contributed by atoms with van der Waals surface area (Å²) in [6.07, 6.45) is 4.72. The molecule has 1 aliphatic carbocycles. The molecule has 1 saturated heterocycles. The van der Waals surface area contributed by atoms with Crippen molar-refractivity contribution in [3.05, 3.63) is 51.0 Å². The van der Waals surface area contributed by atoms with Gasteiger partial charge in [0, 0.05) is 22.6 Å². The lowest BCUT2D eigenvalue weighted by molar-refractivity contribution is -0.129. The van der Waals surface area contributed by atoms with Crippen molar-refractivity contribution in [2.24, 2.45) is 16.8 Å². The molecule has 0 radical (unpaired) electrons. The maximum absolute atomic E-state index is 13.3. The fourth-order valence-corrected chi connectivity index (χ4v) is 6.54. The van der Waals surface area contributed by atoms with Gasteiger partial charge in [0.1, 0.15) is 5.92 Å². The van der Waals surface area contributed by atoms with Crippen LogP contribution >= 0.6 is 27.5 Å². The first-order valence-electron chi connectivity index (χ1n) is 11.5. The van der Waals surface area contributed by atoms with E-state index < -0.39 is 27.7 Å². The Bertz CT molecular complexity index is 1240. The van der Waals surface area contributed by atoms with Crippen LogP contribution < -0.4 is 5.32 Å². The number of benzene rings is 1. The van der Waals surface area contributed by atoms with Crippen molar-refractivity contribution in [3.63, 3.8) is 0 Å². The topological polar surface area (TPSA) is 99.2 Å². The lowest BCUT2D eigenvalue weighted by Gasteiger charge is -2.31. The zero-order valence-corrected chi connectivity index (χ0v) is 22.8. The highest BCUT2D eigenvalue weighted by Crippen LogP contribution is 2.32. The summed E-state index contributed by atoms with van der Waals surface area (Å²) < 4.78 is 25.9. The van der Waals surface area contributed by atoms with E-state index in [0.29, 0.717) is 28.8 Å². The zero-order valence-electron chi connectivity index (χ0n) is 19.6. The second-order valence-electron chi connectivity index (χ2n) is 9.01. The van der Waals surface area contributed by atoms with Gasteiger partial charge >= 0.3 is 6.03 Å². The second kappa shape index (κ2) is 10.6. The van der Waals surface area contributed by atoms with Crippen LogP contribution in [-0.4, -0.2) is 74.8 Å². The lowest BCUT2D eigenvalue weighted by atomic mass is 9.91. The third-order valence-corrected chi connectivity index (χ3v) is 9.41. The van der Waals surface area contributed by atoms with Gasteiger partial charge in [-0.1, -0.05) is 40.5 Å². The van der Waals surface area contributed by atoms with Gasteiger partial charge in [0.25, 0.3) is 0 Å². The van der Waals surface area contributed by atoms with Gasteiger partial charge in [0.05, 0.1) is 22.9 Å². The van der Waals surface area contributed by atoms with E-state index in [4.69, 9.17) is 11.6 Å². The number of hydrogen-bond donors (Lipinski definition) is 1. The number of allylic oxidation sites excluding steroid dienone is 1. The summed E-state index contributed by atoms with van der Waals surface area (Å²) in [5.41, 5.74) is 1.68. The van der Waals surface area contributed by atoms with Gasteiger partial charge in [-0.15, -0.1) is 0 Å². The SMILES string of the molecule is CCS(=O)(=O)c1ccc(Cl)cc1CN1C(=O)N=C2C=C(CN3CC[C@@H](CNC)C3)C(Br)=CC2C1=O. The van der Waals surface area contributed by atoms with E-state index in [1.165, 1.54) is 18.2 Å². The number of nitrogens with one attached hydrogen (secondary N) is 1. The molecule has 2 atom stereocenters. The molecule has 1 aromatic rings. The van der Waals surface area contributed by atoms with Crippen molar-refractivity contribution in [2.75, 3.05) is 39.0 Å². The van der Waals surface area contributed by atoms with Gasteiger partial charge in [-0.2, -0.15) is 4.99 Å². The number of amides is 3.